The molecule has 2 aromatic rings. The normalized spacial score (nSPS) is 16.9. The van der Waals surface area contributed by atoms with E-state index in [0.717, 1.165) is 35.5 Å². The highest BCUT2D eigenvalue weighted by molar-refractivity contribution is 6.15. The third-order valence-corrected chi connectivity index (χ3v) is 5.21. The molecule has 2 aliphatic rings. The van der Waals surface area contributed by atoms with Crippen molar-refractivity contribution in [2.24, 2.45) is 0 Å². The van der Waals surface area contributed by atoms with Crippen LogP contribution < -0.4 is 14.4 Å². The molecule has 0 saturated heterocycles. The fourth-order valence-corrected chi connectivity index (χ4v) is 3.60. The van der Waals surface area contributed by atoms with E-state index in [0.29, 0.717) is 37.0 Å². The van der Waals surface area contributed by atoms with Crippen molar-refractivity contribution in [1.82, 2.24) is 4.90 Å². The van der Waals surface area contributed by atoms with Crippen LogP contribution in [0.5, 0.6) is 11.5 Å². The molecule has 0 radical (unpaired) electrons. The summed E-state index contributed by atoms with van der Waals surface area (Å²) < 4.78 is 17.1. The van der Waals surface area contributed by atoms with Crippen molar-refractivity contribution < 1.29 is 19.0 Å². The fourth-order valence-electron chi connectivity index (χ4n) is 3.60. The van der Waals surface area contributed by atoms with E-state index in [4.69, 9.17) is 14.2 Å². The molecule has 0 fully saturated rings. The minimum absolute atomic E-state index is 0.0870. The Morgan fingerprint density at radius 2 is 1.97 bits per heavy atom. The molecular formula is C23H26N2O4. The van der Waals surface area contributed by atoms with Gasteiger partial charge in [0, 0.05) is 46.6 Å². The van der Waals surface area contributed by atoms with Crippen molar-refractivity contribution in [2.75, 3.05) is 46.0 Å². The topological polar surface area (TPSA) is 51.2 Å². The summed E-state index contributed by atoms with van der Waals surface area (Å²) >= 11 is 0. The lowest BCUT2D eigenvalue weighted by atomic mass is 10.0. The van der Waals surface area contributed by atoms with Gasteiger partial charge in [0.25, 0.3) is 0 Å². The molecule has 0 aromatic heterocycles. The molecule has 6 heteroatoms. The van der Waals surface area contributed by atoms with Gasteiger partial charge in [-0.05, 0) is 42.3 Å². The number of ketones is 1. The van der Waals surface area contributed by atoms with E-state index >= 15 is 0 Å². The molecule has 0 N–H and O–H groups in total. The first-order valence-corrected chi connectivity index (χ1v) is 9.78. The molecule has 0 atom stereocenters. The molecule has 29 heavy (non-hydrogen) atoms. The smallest absolute Gasteiger partial charge is 0.231 e. The molecule has 2 aromatic carbocycles. The van der Waals surface area contributed by atoms with Gasteiger partial charge in [-0.2, -0.15) is 0 Å². The fraction of sp³-hybridized carbons (Fsp3) is 0.348. The molecule has 0 saturated carbocycles. The minimum Gasteiger partial charge on any atom is -0.478 e. The number of benzene rings is 2. The predicted octanol–water partition coefficient (Wildman–Crippen LogP) is 3.56. The molecule has 6 nitrogen and oxygen atoms in total. The highest BCUT2D eigenvalue weighted by Crippen LogP contribution is 2.42. The number of rotatable bonds is 6. The Labute approximate surface area is 171 Å². The van der Waals surface area contributed by atoms with E-state index in [2.05, 4.69) is 4.90 Å². The lowest BCUT2D eigenvalue weighted by molar-refractivity contribution is 0.0823. The van der Waals surface area contributed by atoms with Gasteiger partial charge in [0.1, 0.15) is 18.2 Å². The van der Waals surface area contributed by atoms with E-state index in [1.54, 1.807) is 19.3 Å². The van der Waals surface area contributed by atoms with Crippen LogP contribution in [0.2, 0.25) is 0 Å². The first kappa shape index (κ1) is 19.5. The van der Waals surface area contributed by atoms with Crippen molar-refractivity contribution >= 4 is 17.5 Å². The van der Waals surface area contributed by atoms with Gasteiger partial charge in [0.2, 0.25) is 5.78 Å². The van der Waals surface area contributed by atoms with Crippen molar-refractivity contribution in [3.05, 3.63) is 58.8 Å². The molecule has 0 amide bonds. The second-order valence-corrected chi connectivity index (χ2v) is 7.52. The Bertz CT molecular complexity index is 935. The van der Waals surface area contributed by atoms with Crippen LogP contribution in [0.4, 0.5) is 5.69 Å². The third kappa shape index (κ3) is 3.99. The number of Topliss-reactive ketones (excluding diaryl/α,β-unsaturated/α-hetero) is 1. The van der Waals surface area contributed by atoms with Crippen molar-refractivity contribution in [3.63, 3.8) is 0 Å². The Balaban J connectivity index is 1.56. The van der Waals surface area contributed by atoms with Crippen molar-refractivity contribution in [2.45, 2.75) is 13.0 Å². The number of hydrogen-bond donors (Lipinski definition) is 0. The molecule has 2 aliphatic heterocycles. The van der Waals surface area contributed by atoms with Gasteiger partial charge >= 0.3 is 0 Å². The van der Waals surface area contributed by atoms with Gasteiger partial charge in [-0.25, -0.2) is 0 Å². The lowest BCUT2D eigenvalue weighted by Gasteiger charge is -2.29. The Kier molecular flexibility index (Phi) is 5.56. The van der Waals surface area contributed by atoms with E-state index in [1.165, 1.54) is 0 Å². The van der Waals surface area contributed by atoms with Crippen LogP contribution in [-0.4, -0.2) is 51.8 Å². The van der Waals surface area contributed by atoms with Gasteiger partial charge in [-0.3, -0.25) is 9.69 Å². The summed E-state index contributed by atoms with van der Waals surface area (Å²) in [4.78, 5) is 17.1. The molecular weight excluding hydrogens is 368 g/mol. The van der Waals surface area contributed by atoms with Crippen LogP contribution in [0.3, 0.4) is 0 Å². The summed E-state index contributed by atoms with van der Waals surface area (Å²) in [5, 5.41) is 0. The van der Waals surface area contributed by atoms with E-state index < -0.39 is 0 Å². The van der Waals surface area contributed by atoms with Crippen LogP contribution in [0, 0.1) is 0 Å². The predicted molar refractivity (Wildman–Crippen MR) is 113 cm³/mol. The Morgan fingerprint density at radius 1 is 1.17 bits per heavy atom. The highest BCUT2D eigenvalue weighted by Gasteiger charge is 2.33. The summed E-state index contributed by atoms with van der Waals surface area (Å²) in [6.45, 7) is 2.81. The van der Waals surface area contributed by atoms with Gasteiger partial charge < -0.3 is 19.1 Å². The summed E-state index contributed by atoms with van der Waals surface area (Å²) in [7, 11) is 5.70. The third-order valence-electron chi connectivity index (χ3n) is 5.21. The largest absolute Gasteiger partial charge is 0.478 e. The summed E-state index contributed by atoms with van der Waals surface area (Å²) in [6.07, 6.45) is 2.73. The number of allylic oxidation sites excluding steroid dienone is 1. The monoisotopic (exact) mass is 394 g/mol. The van der Waals surface area contributed by atoms with Gasteiger partial charge in [0.15, 0.2) is 5.76 Å². The molecule has 0 bridgehead atoms. The second-order valence-electron chi connectivity index (χ2n) is 7.52. The number of carbonyl (C=O) groups is 1. The number of hydrogen-bond acceptors (Lipinski definition) is 6. The number of methoxy groups -OCH3 is 1. The number of anilines is 1. The van der Waals surface area contributed by atoms with E-state index in [-0.39, 0.29) is 5.78 Å². The van der Waals surface area contributed by atoms with Gasteiger partial charge in [0.05, 0.1) is 11.1 Å². The van der Waals surface area contributed by atoms with Crippen LogP contribution in [0.1, 0.15) is 27.9 Å². The zero-order valence-electron chi connectivity index (χ0n) is 17.1. The molecule has 2 heterocycles. The van der Waals surface area contributed by atoms with Crippen LogP contribution in [-0.2, 0) is 11.3 Å². The molecule has 152 valence electrons. The van der Waals surface area contributed by atoms with Crippen LogP contribution in [0.25, 0.3) is 6.08 Å². The minimum atomic E-state index is -0.0870. The molecule has 0 spiro atoms. The summed E-state index contributed by atoms with van der Waals surface area (Å²) in [5.74, 6) is 1.68. The maximum absolute atomic E-state index is 12.9. The SMILES string of the molecule is COCCCN1COc2ccc3c(c2C1)O/C(=C\c1ccc(N(C)C)cc1)C3=O. The zero-order chi connectivity index (χ0) is 20.4. The van der Waals surface area contributed by atoms with E-state index in [1.807, 2.05) is 49.3 Å². The first-order valence-electron chi connectivity index (χ1n) is 9.78. The highest BCUT2D eigenvalue weighted by atomic mass is 16.5. The zero-order valence-corrected chi connectivity index (χ0v) is 17.1. The molecule has 4 rings (SSSR count). The molecule has 0 unspecified atom stereocenters. The Morgan fingerprint density at radius 3 is 2.69 bits per heavy atom. The standard InChI is InChI=1S/C23H26N2O4/c1-24(2)17-7-5-16(6-8-17)13-21-22(26)18-9-10-20-19(23(18)29-21)14-25(15-28-20)11-4-12-27-3/h5-10,13H,4,11-12,14-15H2,1-3H3/b21-13-. The number of nitrogens with zero attached hydrogens (tertiary/aromatic N) is 2. The summed E-state index contributed by atoms with van der Waals surface area (Å²) in [6, 6.07) is 11.7. The Hall–Kier alpha value is -2.83. The number of fused-ring (bicyclic) bond motifs is 3. The van der Waals surface area contributed by atoms with Crippen LogP contribution in [0.15, 0.2) is 42.2 Å². The maximum Gasteiger partial charge on any atom is 0.231 e. The summed E-state index contributed by atoms with van der Waals surface area (Å²) in [5.41, 5.74) is 3.57. The number of carbonyl (C=O) groups excluding carboxylic acids is 1. The van der Waals surface area contributed by atoms with Crippen molar-refractivity contribution in [3.8, 4) is 11.5 Å². The maximum atomic E-state index is 12.9. The van der Waals surface area contributed by atoms with E-state index in [9.17, 15) is 4.79 Å². The van der Waals surface area contributed by atoms with Crippen LogP contribution >= 0.6 is 0 Å². The quantitative estimate of drug-likeness (QED) is 0.552. The first-order chi connectivity index (χ1) is 14.1. The van der Waals surface area contributed by atoms with Gasteiger partial charge in [-0.1, -0.05) is 12.1 Å². The molecule has 0 aliphatic carbocycles. The average Bonchev–Trinajstić information content (AvgIpc) is 3.04. The average molecular weight is 394 g/mol. The second kappa shape index (κ2) is 8.27. The number of ether oxygens (including phenoxy) is 3. The van der Waals surface area contributed by atoms with Gasteiger partial charge in [-0.15, -0.1) is 0 Å². The lowest BCUT2D eigenvalue weighted by Crippen LogP contribution is -2.33. The van der Waals surface area contributed by atoms with Crippen molar-refractivity contribution in [1.29, 1.82) is 0 Å².